The van der Waals surface area contributed by atoms with Crippen molar-refractivity contribution in [2.75, 3.05) is 26.4 Å². The summed E-state index contributed by atoms with van der Waals surface area (Å²) >= 11 is 0. The van der Waals surface area contributed by atoms with Crippen LogP contribution in [0, 0.1) is 0 Å². The number of allylic oxidation sites excluding steroid dienone is 24. The van der Waals surface area contributed by atoms with Crippen molar-refractivity contribution in [1.29, 1.82) is 0 Å². The first-order valence-corrected chi connectivity index (χ1v) is 33.2. The Morgan fingerprint density at radius 1 is 0.354 bits per heavy atom. The van der Waals surface area contributed by atoms with Crippen LogP contribution in [0.25, 0.3) is 0 Å². The Kier molecular flexibility index (Phi) is 58.9. The number of phosphoric acid groups is 1. The molecule has 0 aromatic carbocycles. The van der Waals surface area contributed by atoms with Gasteiger partial charge < -0.3 is 24.2 Å². The van der Waals surface area contributed by atoms with Gasteiger partial charge >= 0.3 is 25.7 Å². The molecule has 12 heteroatoms. The molecule has 0 saturated heterocycles. The largest absolute Gasteiger partial charge is 0.472 e. The number of unbranched alkanes of at least 4 members (excludes halogenated alkanes) is 16. The van der Waals surface area contributed by atoms with Crippen molar-refractivity contribution >= 4 is 25.7 Å². The van der Waals surface area contributed by atoms with E-state index in [4.69, 9.17) is 23.3 Å². The van der Waals surface area contributed by atoms with Gasteiger partial charge in [0.25, 0.3) is 0 Å². The van der Waals surface area contributed by atoms with Crippen LogP contribution in [0.5, 0.6) is 0 Å². The van der Waals surface area contributed by atoms with Crippen LogP contribution in [0.2, 0.25) is 0 Å². The molecular formula is C70H113O11P. The molecule has 3 unspecified atom stereocenters. The molecule has 464 valence electrons. The van der Waals surface area contributed by atoms with Crippen LogP contribution in [0.3, 0.4) is 0 Å². The lowest BCUT2D eigenvalue weighted by Crippen LogP contribution is -2.30. The Hall–Kier alpha value is -4.64. The van der Waals surface area contributed by atoms with E-state index in [9.17, 15) is 28.9 Å². The zero-order chi connectivity index (χ0) is 59.8. The fourth-order valence-corrected chi connectivity index (χ4v) is 8.75. The van der Waals surface area contributed by atoms with Gasteiger partial charge in [0, 0.05) is 19.3 Å². The fraction of sp³-hybridized carbons (Fsp3) is 0.614. The Labute approximate surface area is 499 Å². The van der Waals surface area contributed by atoms with Gasteiger partial charge in [0.05, 0.1) is 19.8 Å². The van der Waals surface area contributed by atoms with Crippen molar-refractivity contribution in [1.82, 2.24) is 0 Å². The van der Waals surface area contributed by atoms with Crippen LogP contribution in [0.1, 0.15) is 239 Å². The van der Waals surface area contributed by atoms with E-state index in [1.54, 1.807) is 0 Å². The van der Waals surface area contributed by atoms with Gasteiger partial charge in [-0.05, 0) is 141 Å². The molecule has 0 heterocycles. The first-order valence-electron chi connectivity index (χ1n) is 31.7. The maximum absolute atomic E-state index is 13.0. The Bertz CT molecular complexity index is 1930. The average Bonchev–Trinajstić information content (AvgIpc) is 3.47. The van der Waals surface area contributed by atoms with E-state index < -0.39 is 57.8 Å². The lowest BCUT2D eigenvalue weighted by molar-refractivity contribution is -0.161. The van der Waals surface area contributed by atoms with E-state index in [1.807, 2.05) is 0 Å². The quantitative estimate of drug-likeness (QED) is 0.0197. The zero-order valence-corrected chi connectivity index (χ0v) is 52.3. The van der Waals surface area contributed by atoms with Gasteiger partial charge in [0.1, 0.15) is 12.7 Å². The van der Waals surface area contributed by atoms with Crippen molar-refractivity contribution in [2.24, 2.45) is 0 Å². The molecular weight excluding hydrogens is 1050 g/mol. The van der Waals surface area contributed by atoms with Gasteiger partial charge in [-0.25, -0.2) is 4.57 Å². The minimum absolute atomic E-state index is 0.135. The smallest absolute Gasteiger partial charge is 0.462 e. The summed E-state index contributed by atoms with van der Waals surface area (Å²) in [6.45, 7) is 4.31. The molecule has 0 aliphatic carbocycles. The fourth-order valence-electron chi connectivity index (χ4n) is 7.97. The number of phosphoric ester groups is 1. The Balaban J connectivity index is 4.84. The predicted molar refractivity (Wildman–Crippen MR) is 343 cm³/mol. The van der Waals surface area contributed by atoms with Crippen LogP contribution in [0.4, 0.5) is 0 Å². The molecule has 0 radical (unpaired) electrons. The van der Waals surface area contributed by atoms with E-state index in [0.717, 1.165) is 154 Å². The van der Waals surface area contributed by atoms with Crippen LogP contribution in [0.15, 0.2) is 146 Å². The SMILES string of the molecule is CC/C=C\C/C=C\C/C=C\C/C=C\C/C=C\CCCCCC(=O)OCC(COP(=O)(O)OCC(CO)OC(=O)CCCCCC/C=C\C/C=C\C/C=C\C/C=C\CC)OC(=O)CCCCCCCC/C=C\C/C=C\C/C=C\CCCCC. The third kappa shape index (κ3) is 60.0. The highest BCUT2D eigenvalue weighted by Crippen LogP contribution is 2.43. The van der Waals surface area contributed by atoms with Crippen molar-refractivity contribution in [3.05, 3.63) is 146 Å². The summed E-state index contributed by atoms with van der Waals surface area (Å²) < 4.78 is 39.6. The van der Waals surface area contributed by atoms with E-state index >= 15 is 0 Å². The standard InChI is InChI=1S/C70H113O11P/c1-4-7-10-13-16-19-22-25-28-31-33-36-38-41-44-47-50-53-56-59-68(72)77-63-67(81-70(74)61-58-55-52-49-46-43-40-37-34-32-29-26-23-20-17-14-11-8-5-2)65-79-82(75,76)78-64-66(62-71)80-69(73)60-57-54-51-48-45-42-39-35-30-27-24-21-18-15-12-9-6-3/h7,9-10,12,16-21,25-30,33-34,36-37,39,41-42,44,66-67,71H,4-6,8,11,13-15,22-24,31-32,35,38,40,43,45-65H2,1-3H3,(H,75,76)/b10-7-,12-9-,19-16-,20-17-,21-18-,28-25-,29-26-,30-27-,36-33-,37-34-,42-39-,44-41-. The maximum atomic E-state index is 13.0. The predicted octanol–water partition coefficient (Wildman–Crippen LogP) is 19.5. The van der Waals surface area contributed by atoms with Crippen molar-refractivity contribution in [3.8, 4) is 0 Å². The van der Waals surface area contributed by atoms with Crippen LogP contribution >= 0.6 is 7.82 Å². The number of carbonyl (C=O) groups is 3. The minimum atomic E-state index is -4.78. The molecule has 0 aliphatic rings. The molecule has 0 bridgehead atoms. The second-order valence-corrected chi connectivity index (χ2v) is 21.9. The number of rotatable bonds is 57. The summed E-state index contributed by atoms with van der Waals surface area (Å²) in [6, 6.07) is 0. The van der Waals surface area contributed by atoms with Gasteiger partial charge in [-0.2, -0.15) is 0 Å². The second kappa shape index (κ2) is 62.4. The molecule has 3 atom stereocenters. The lowest BCUT2D eigenvalue weighted by atomic mass is 10.1. The van der Waals surface area contributed by atoms with Gasteiger partial charge in [0.15, 0.2) is 6.10 Å². The van der Waals surface area contributed by atoms with E-state index in [1.165, 1.54) is 25.7 Å². The Morgan fingerprint density at radius 2 is 0.634 bits per heavy atom. The molecule has 0 fully saturated rings. The highest BCUT2D eigenvalue weighted by molar-refractivity contribution is 7.47. The molecule has 0 spiro atoms. The highest BCUT2D eigenvalue weighted by Gasteiger charge is 2.28. The highest BCUT2D eigenvalue weighted by atomic mass is 31.2. The molecule has 2 N–H and O–H groups in total. The summed E-state index contributed by atoms with van der Waals surface area (Å²) in [5.74, 6) is -1.56. The van der Waals surface area contributed by atoms with Crippen LogP contribution in [-0.2, 0) is 42.2 Å². The number of aliphatic hydroxyl groups excluding tert-OH is 1. The minimum Gasteiger partial charge on any atom is -0.462 e. The number of esters is 3. The summed E-state index contributed by atoms with van der Waals surface area (Å²) in [5, 5.41) is 9.85. The first-order chi connectivity index (χ1) is 40.2. The lowest BCUT2D eigenvalue weighted by Gasteiger charge is -2.21. The number of hydrogen-bond donors (Lipinski definition) is 2. The number of ether oxygens (including phenoxy) is 3. The van der Waals surface area contributed by atoms with Gasteiger partial charge in [0.2, 0.25) is 0 Å². The third-order valence-electron chi connectivity index (χ3n) is 12.7. The van der Waals surface area contributed by atoms with E-state index in [0.29, 0.717) is 19.3 Å². The summed E-state index contributed by atoms with van der Waals surface area (Å²) in [5.41, 5.74) is 0. The maximum Gasteiger partial charge on any atom is 0.472 e. The molecule has 0 aliphatic heterocycles. The molecule has 0 aromatic rings. The molecule has 82 heavy (non-hydrogen) atoms. The van der Waals surface area contributed by atoms with Crippen molar-refractivity contribution in [2.45, 2.75) is 251 Å². The van der Waals surface area contributed by atoms with Gasteiger partial charge in [-0.1, -0.05) is 224 Å². The van der Waals surface area contributed by atoms with Gasteiger partial charge in [-0.15, -0.1) is 0 Å². The van der Waals surface area contributed by atoms with Crippen LogP contribution in [-0.4, -0.2) is 66.5 Å². The normalized spacial score (nSPS) is 14.3. The molecule has 0 saturated carbocycles. The topological polar surface area (TPSA) is 155 Å². The van der Waals surface area contributed by atoms with Crippen molar-refractivity contribution < 1.29 is 52.2 Å². The summed E-state index contributed by atoms with van der Waals surface area (Å²) in [6.07, 6.45) is 80.8. The summed E-state index contributed by atoms with van der Waals surface area (Å²) in [7, 11) is -4.78. The molecule has 11 nitrogen and oxygen atoms in total. The van der Waals surface area contributed by atoms with E-state index in [-0.39, 0.29) is 25.9 Å². The van der Waals surface area contributed by atoms with Crippen molar-refractivity contribution in [3.63, 3.8) is 0 Å². The Morgan fingerprint density at radius 3 is 0.988 bits per heavy atom. The third-order valence-corrected chi connectivity index (χ3v) is 13.7. The number of carbonyl (C=O) groups excluding carboxylic acids is 3. The van der Waals surface area contributed by atoms with E-state index in [2.05, 4.69) is 167 Å². The number of aliphatic hydroxyl groups is 1. The van der Waals surface area contributed by atoms with Crippen LogP contribution < -0.4 is 0 Å². The molecule has 0 rings (SSSR count). The second-order valence-electron chi connectivity index (χ2n) is 20.5. The average molecular weight is 1160 g/mol. The molecule has 0 aromatic heterocycles. The molecule has 0 amide bonds. The number of hydrogen-bond acceptors (Lipinski definition) is 10. The monoisotopic (exact) mass is 1160 g/mol. The zero-order valence-electron chi connectivity index (χ0n) is 51.4. The van der Waals surface area contributed by atoms with Gasteiger partial charge in [-0.3, -0.25) is 23.4 Å². The summed E-state index contributed by atoms with van der Waals surface area (Å²) in [4.78, 5) is 48.8. The first kappa shape index (κ1) is 77.4.